The zero-order chi connectivity index (χ0) is 28.8. The van der Waals surface area contributed by atoms with Gasteiger partial charge in [-0.25, -0.2) is 8.78 Å². The highest BCUT2D eigenvalue weighted by Crippen LogP contribution is 2.31. The molecule has 3 rings (SSSR count). The predicted molar refractivity (Wildman–Crippen MR) is 164 cm³/mol. The van der Waals surface area contributed by atoms with E-state index in [1.165, 1.54) is 24.3 Å². The Balaban J connectivity index is 0.00000260. The maximum atomic E-state index is 13.7. The van der Waals surface area contributed by atoms with Gasteiger partial charge in [-0.2, -0.15) is 0 Å². The Labute approximate surface area is 239 Å². The summed E-state index contributed by atoms with van der Waals surface area (Å²) in [4.78, 5) is 4.91. The molecule has 0 bridgehead atoms. The second kappa shape index (κ2) is 17.1. The van der Waals surface area contributed by atoms with E-state index in [-0.39, 0.29) is 23.6 Å². The molecule has 2 aromatic carbocycles. The van der Waals surface area contributed by atoms with Crippen molar-refractivity contribution >= 4 is 23.0 Å². The Morgan fingerprint density at radius 2 is 1.72 bits per heavy atom. The first kappa shape index (κ1) is 32.5. The lowest BCUT2D eigenvalue weighted by Crippen LogP contribution is -2.49. The Morgan fingerprint density at radius 3 is 2.31 bits per heavy atom. The molecule has 0 spiro atoms. The minimum atomic E-state index is -0.247. The van der Waals surface area contributed by atoms with E-state index in [1.54, 1.807) is 13.0 Å². The molecule has 1 aliphatic heterocycles. The maximum absolute atomic E-state index is 13.7. The second-order valence-corrected chi connectivity index (χ2v) is 9.92. The summed E-state index contributed by atoms with van der Waals surface area (Å²) < 4.78 is 27.3. The summed E-state index contributed by atoms with van der Waals surface area (Å²) >= 11 is 6.04. The molecule has 0 radical (unpaired) electrons. The first-order valence-corrected chi connectivity index (χ1v) is 14.4. The zero-order valence-corrected chi connectivity index (χ0v) is 24.8. The molecule has 39 heavy (non-hydrogen) atoms. The van der Waals surface area contributed by atoms with E-state index in [9.17, 15) is 8.78 Å². The van der Waals surface area contributed by atoms with Crippen molar-refractivity contribution in [3.8, 4) is 0 Å². The smallest absolute Gasteiger partial charge is 0.123 e. The molecule has 214 valence electrons. The van der Waals surface area contributed by atoms with Crippen LogP contribution >= 0.6 is 11.6 Å². The van der Waals surface area contributed by atoms with Crippen LogP contribution in [-0.4, -0.2) is 49.1 Å². The molecule has 4 nitrogen and oxygen atoms in total. The third-order valence-electron chi connectivity index (χ3n) is 6.90. The number of halogens is 3. The lowest BCUT2D eigenvalue weighted by molar-refractivity contribution is 0.0805. The van der Waals surface area contributed by atoms with E-state index in [2.05, 4.69) is 22.0 Å². The quantitative estimate of drug-likeness (QED) is 0.167. The Morgan fingerprint density at radius 1 is 1.05 bits per heavy atom. The van der Waals surface area contributed by atoms with Crippen LogP contribution in [0.2, 0.25) is 5.02 Å². The van der Waals surface area contributed by atoms with Crippen molar-refractivity contribution in [3.63, 3.8) is 0 Å². The van der Waals surface area contributed by atoms with Crippen LogP contribution in [0.3, 0.4) is 0 Å². The van der Waals surface area contributed by atoms with Crippen molar-refractivity contribution in [1.29, 1.82) is 0 Å². The predicted octanol–water partition coefficient (Wildman–Crippen LogP) is 7.85. The molecular formula is C32H45ClF2N4. The molecule has 1 fully saturated rings. The molecule has 0 saturated carbocycles. The van der Waals surface area contributed by atoms with Gasteiger partial charge < -0.3 is 16.0 Å². The Hall–Kier alpha value is -2.67. The summed E-state index contributed by atoms with van der Waals surface area (Å²) in [7, 11) is 0. The molecule has 2 unspecified atom stereocenters. The second-order valence-electron chi connectivity index (χ2n) is 9.48. The van der Waals surface area contributed by atoms with Gasteiger partial charge in [-0.3, -0.25) is 4.90 Å². The molecule has 0 aromatic heterocycles. The number of hydrogen-bond acceptors (Lipinski definition) is 4. The van der Waals surface area contributed by atoms with Gasteiger partial charge in [0.05, 0.1) is 0 Å². The highest BCUT2D eigenvalue weighted by Gasteiger charge is 2.28. The fourth-order valence-corrected chi connectivity index (χ4v) is 5.06. The summed E-state index contributed by atoms with van der Waals surface area (Å²) in [5.74, 6) is -0.418. The minimum Gasteiger partial charge on any atom is -0.398 e. The number of nitrogen functional groups attached to an aromatic ring is 1. The normalized spacial score (nSPS) is 17.0. The number of benzene rings is 2. The van der Waals surface area contributed by atoms with Crippen LogP contribution in [-0.2, 0) is 0 Å². The van der Waals surface area contributed by atoms with E-state index in [1.807, 2.05) is 57.2 Å². The third kappa shape index (κ3) is 10.1. The van der Waals surface area contributed by atoms with Crippen molar-refractivity contribution in [2.45, 2.75) is 47.1 Å². The van der Waals surface area contributed by atoms with Gasteiger partial charge >= 0.3 is 0 Å². The summed E-state index contributed by atoms with van der Waals surface area (Å²) in [5.41, 5.74) is 9.84. The molecular weight excluding hydrogens is 514 g/mol. The maximum Gasteiger partial charge on any atom is 0.123 e. The molecule has 0 amide bonds. The summed E-state index contributed by atoms with van der Waals surface area (Å²) in [6.45, 7) is 15.3. The van der Waals surface area contributed by atoms with Gasteiger partial charge in [-0.15, -0.1) is 0 Å². The number of hydrogen-bond donors (Lipinski definition) is 2. The largest absolute Gasteiger partial charge is 0.398 e. The number of allylic oxidation sites excluding steroid dienone is 4. The lowest BCUT2D eigenvalue weighted by Gasteiger charge is -2.41. The third-order valence-corrected chi connectivity index (χ3v) is 7.14. The molecule has 0 aliphatic carbocycles. The fourth-order valence-electron chi connectivity index (χ4n) is 4.87. The topological polar surface area (TPSA) is 44.5 Å². The Kier molecular flexibility index (Phi) is 14.3. The highest BCUT2D eigenvalue weighted by molar-refractivity contribution is 6.30. The van der Waals surface area contributed by atoms with Gasteiger partial charge in [0.15, 0.2) is 0 Å². The van der Waals surface area contributed by atoms with Gasteiger partial charge in [0.2, 0.25) is 0 Å². The van der Waals surface area contributed by atoms with Crippen LogP contribution in [0.1, 0.15) is 58.2 Å². The van der Waals surface area contributed by atoms with Crippen LogP contribution in [0.15, 0.2) is 72.6 Å². The number of nitrogens with zero attached hydrogens (tertiary/aromatic N) is 2. The average Bonchev–Trinajstić information content (AvgIpc) is 2.95. The van der Waals surface area contributed by atoms with Gasteiger partial charge in [0.25, 0.3) is 0 Å². The average molecular weight is 559 g/mol. The van der Waals surface area contributed by atoms with Crippen LogP contribution in [0, 0.1) is 11.7 Å². The van der Waals surface area contributed by atoms with Crippen LogP contribution in [0.25, 0.3) is 5.70 Å². The van der Waals surface area contributed by atoms with Crippen LogP contribution in [0.4, 0.5) is 14.5 Å². The number of anilines is 1. The summed E-state index contributed by atoms with van der Waals surface area (Å²) in [6, 6.07) is 12.3. The van der Waals surface area contributed by atoms with E-state index in [4.69, 9.17) is 17.3 Å². The van der Waals surface area contributed by atoms with Crippen LogP contribution in [0.5, 0.6) is 0 Å². The Bertz CT molecular complexity index is 1090. The zero-order valence-electron chi connectivity index (χ0n) is 24.1. The van der Waals surface area contributed by atoms with E-state index in [0.29, 0.717) is 10.7 Å². The first-order valence-electron chi connectivity index (χ1n) is 14.0. The summed E-state index contributed by atoms with van der Waals surface area (Å²) in [5, 5.41) is 4.14. The van der Waals surface area contributed by atoms with Gasteiger partial charge in [-0.1, -0.05) is 62.7 Å². The molecule has 1 aliphatic rings. The SMILES string of the molecule is C/C=C(F)\C=C/C(C)C(c1ccc(F)cc1)N1CCN(CCCN/C(=C/C)c2ccc(Cl)cc2N)CC1.CC. The summed E-state index contributed by atoms with van der Waals surface area (Å²) in [6.07, 6.45) is 7.93. The van der Waals surface area contributed by atoms with E-state index in [0.717, 1.165) is 62.5 Å². The van der Waals surface area contributed by atoms with E-state index >= 15 is 0 Å². The number of nitrogens with two attached hydrogens (primary N) is 1. The molecule has 1 heterocycles. The minimum absolute atomic E-state index is 0.0624. The van der Waals surface area contributed by atoms with Crippen molar-refractivity contribution in [1.82, 2.24) is 15.1 Å². The molecule has 2 aromatic rings. The standard InChI is InChI=1S/C30H39ClF2N4.C2H6/c1-4-25(32)11-7-22(3)30(23-8-12-26(33)13-9-23)37-19-17-36(18-20-37)16-6-15-35-29(5-2)27-14-10-24(31)21-28(27)34;1-2/h4-5,7-14,21-22,30,35H,6,15-20,34H2,1-3H3;1-2H3/b11-7-,25-4+,29-5+;. The van der Waals surface area contributed by atoms with E-state index < -0.39 is 0 Å². The fraction of sp³-hybridized carbons (Fsp3) is 0.438. The number of nitrogens with one attached hydrogen (secondary N) is 1. The van der Waals surface area contributed by atoms with Gasteiger partial charge in [0, 0.05) is 60.7 Å². The van der Waals surface area contributed by atoms with Crippen molar-refractivity contribution in [2.75, 3.05) is 45.0 Å². The van der Waals surface area contributed by atoms with Crippen molar-refractivity contribution < 1.29 is 8.78 Å². The molecule has 3 N–H and O–H groups in total. The van der Waals surface area contributed by atoms with Crippen LogP contribution < -0.4 is 11.1 Å². The van der Waals surface area contributed by atoms with Gasteiger partial charge in [0.1, 0.15) is 11.6 Å². The lowest BCUT2D eigenvalue weighted by atomic mass is 9.91. The van der Waals surface area contributed by atoms with Crippen molar-refractivity contribution in [2.24, 2.45) is 5.92 Å². The monoisotopic (exact) mass is 558 g/mol. The first-order chi connectivity index (χ1) is 18.8. The molecule has 7 heteroatoms. The molecule has 2 atom stereocenters. The highest BCUT2D eigenvalue weighted by atomic mass is 35.5. The number of rotatable bonds is 11. The number of piperazine rings is 1. The van der Waals surface area contributed by atoms with Crippen molar-refractivity contribution in [3.05, 3.63) is 94.6 Å². The van der Waals surface area contributed by atoms with Gasteiger partial charge in [-0.05, 0) is 74.7 Å². The molecule has 1 saturated heterocycles.